The molecule has 5 heteroatoms. The number of hydrogen-bond donors (Lipinski definition) is 0. The number of halogens is 4. The van der Waals surface area contributed by atoms with Gasteiger partial charge in [0.15, 0.2) is 0 Å². The number of rotatable bonds is 2. The van der Waals surface area contributed by atoms with Crippen LogP contribution in [0, 0.1) is 0 Å². The van der Waals surface area contributed by atoms with Gasteiger partial charge in [0.2, 0.25) is 0 Å². The van der Waals surface area contributed by atoms with Crippen molar-refractivity contribution in [3.8, 4) is 0 Å². The quantitative estimate of drug-likeness (QED) is 0.658. The van der Waals surface area contributed by atoms with Gasteiger partial charge in [-0.25, -0.2) is 0 Å². The Morgan fingerprint density at radius 3 is 2.33 bits per heavy atom. The van der Waals surface area contributed by atoms with Gasteiger partial charge in [-0.05, 0) is 12.8 Å². The average Bonchev–Trinajstić information content (AvgIpc) is 1.91. The molecule has 1 aliphatic carbocycles. The van der Waals surface area contributed by atoms with E-state index >= 15 is 0 Å². The Bertz CT molecular complexity index is 148. The molecular formula is C7H10Cl3FS. The molecule has 0 nitrogen and oxygen atoms in total. The highest BCUT2D eigenvalue weighted by Gasteiger charge is 2.33. The van der Waals surface area contributed by atoms with Crippen molar-refractivity contribution in [2.45, 2.75) is 40.2 Å². The van der Waals surface area contributed by atoms with E-state index in [2.05, 4.69) is 0 Å². The molecule has 1 fully saturated rings. The van der Waals surface area contributed by atoms with E-state index in [1.807, 2.05) is 0 Å². The molecule has 0 N–H and O–H groups in total. The van der Waals surface area contributed by atoms with Crippen molar-refractivity contribution in [1.82, 2.24) is 0 Å². The van der Waals surface area contributed by atoms with Crippen LogP contribution < -0.4 is 0 Å². The summed E-state index contributed by atoms with van der Waals surface area (Å²) in [6.45, 7) is 0. The molecule has 0 spiro atoms. The van der Waals surface area contributed by atoms with Crippen molar-refractivity contribution >= 4 is 46.6 Å². The Morgan fingerprint density at radius 2 is 1.83 bits per heavy atom. The van der Waals surface area contributed by atoms with Crippen LogP contribution in [0.1, 0.15) is 25.7 Å². The van der Waals surface area contributed by atoms with Crippen LogP contribution in [0.4, 0.5) is 4.39 Å². The van der Waals surface area contributed by atoms with Gasteiger partial charge in [0.25, 0.3) is 0 Å². The summed E-state index contributed by atoms with van der Waals surface area (Å²) in [5, 5.41) is 0.0665. The van der Waals surface area contributed by atoms with Crippen LogP contribution in [-0.4, -0.2) is 14.5 Å². The molecule has 1 rings (SSSR count). The highest BCUT2D eigenvalue weighted by atomic mass is 35.5. The topological polar surface area (TPSA) is 0 Å². The number of thioether (sulfide) groups is 1. The monoisotopic (exact) mass is 250 g/mol. The summed E-state index contributed by atoms with van der Waals surface area (Å²) < 4.78 is 10.6. The Labute approximate surface area is 91.1 Å². The second-order valence-corrected chi connectivity index (χ2v) is 6.55. The van der Waals surface area contributed by atoms with E-state index in [4.69, 9.17) is 34.8 Å². The summed E-state index contributed by atoms with van der Waals surface area (Å²) in [6, 6.07) is 0. The first kappa shape index (κ1) is 11.2. The second kappa shape index (κ2) is 4.59. The molecule has 0 aromatic rings. The molecule has 0 aromatic carbocycles. The summed E-state index contributed by atoms with van der Waals surface area (Å²) in [5.74, 6) is 0. The van der Waals surface area contributed by atoms with Crippen molar-refractivity contribution in [3.63, 3.8) is 0 Å². The minimum absolute atomic E-state index is 0.0105. The lowest BCUT2D eigenvalue weighted by Gasteiger charge is -2.28. The van der Waals surface area contributed by atoms with Gasteiger partial charge < -0.3 is 0 Å². The molecule has 0 radical (unpaired) electrons. The Hall–Kier alpha value is 1.15. The fraction of sp³-hybridized carbons (Fsp3) is 1.00. The van der Waals surface area contributed by atoms with Gasteiger partial charge >= 0.3 is 3.92 Å². The van der Waals surface area contributed by atoms with Gasteiger partial charge in [0.1, 0.15) is 0 Å². The highest BCUT2D eigenvalue weighted by molar-refractivity contribution is 8.03. The zero-order valence-electron chi connectivity index (χ0n) is 6.40. The van der Waals surface area contributed by atoms with Crippen LogP contribution in [0.15, 0.2) is 0 Å². The zero-order chi connectivity index (χ0) is 9.19. The predicted molar refractivity (Wildman–Crippen MR) is 55.0 cm³/mol. The van der Waals surface area contributed by atoms with E-state index in [9.17, 15) is 4.39 Å². The molecule has 2 atom stereocenters. The van der Waals surface area contributed by atoms with Crippen LogP contribution in [0.2, 0.25) is 0 Å². The van der Waals surface area contributed by atoms with Crippen LogP contribution in [0.3, 0.4) is 0 Å². The first-order valence-corrected chi connectivity index (χ1v) is 5.95. The van der Waals surface area contributed by atoms with Gasteiger partial charge in [0, 0.05) is 10.6 Å². The standard InChI is InChI=1S/C7H10Cl3FS/c8-5-3-1-2-4-6(5)12-7(9,10)11/h5-6H,1-4H2. The lowest BCUT2D eigenvalue weighted by atomic mass is 10.00. The third kappa shape index (κ3) is 3.91. The second-order valence-electron chi connectivity index (χ2n) is 2.90. The largest absolute Gasteiger partial charge is 0.305 e. The van der Waals surface area contributed by atoms with E-state index in [0.717, 1.165) is 37.4 Å². The summed E-state index contributed by atoms with van der Waals surface area (Å²) in [6.07, 6.45) is 4.05. The summed E-state index contributed by atoms with van der Waals surface area (Å²) >= 11 is 17.4. The minimum atomic E-state index is -2.19. The maximum absolute atomic E-state index is 12.8. The SMILES string of the molecule is FC(Cl)(Cl)SC1CCCCC1Cl. The Kier molecular flexibility index (Phi) is 4.29. The van der Waals surface area contributed by atoms with Crippen molar-refractivity contribution < 1.29 is 4.39 Å². The van der Waals surface area contributed by atoms with Crippen molar-refractivity contribution in [2.24, 2.45) is 0 Å². The molecule has 1 aliphatic rings. The average molecular weight is 252 g/mol. The van der Waals surface area contributed by atoms with Crippen molar-refractivity contribution in [3.05, 3.63) is 0 Å². The fourth-order valence-corrected chi connectivity index (χ4v) is 3.39. The molecule has 72 valence electrons. The van der Waals surface area contributed by atoms with Gasteiger partial charge in [0.05, 0.1) is 0 Å². The molecule has 0 saturated heterocycles. The van der Waals surface area contributed by atoms with Crippen LogP contribution in [0.25, 0.3) is 0 Å². The predicted octanol–water partition coefficient (Wildman–Crippen LogP) is 4.33. The van der Waals surface area contributed by atoms with E-state index in [1.54, 1.807) is 0 Å². The molecule has 0 aliphatic heterocycles. The molecular weight excluding hydrogens is 242 g/mol. The van der Waals surface area contributed by atoms with Crippen molar-refractivity contribution in [1.29, 1.82) is 0 Å². The summed E-state index contributed by atoms with van der Waals surface area (Å²) in [5.41, 5.74) is 0. The summed E-state index contributed by atoms with van der Waals surface area (Å²) in [7, 11) is 0. The Balaban J connectivity index is 2.39. The maximum atomic E-state index is 12.8. The van der Waals surface area contributed by atoms with Crippen molar-refractivity contribution in [2.75, 3.05) is 0 Å². The van der Waals surface area contributed by atoms with Gasteiger partial charge in [-0.3, -0.25) is 0 Å². The normalized spacial score (nSPS) is 32.0. The lowest BCUT2D eigenvalue weighted by Crippen LogP contribution is -2.24. The van der Waals surface area contributed by atoms with Crippen LogP contribution >= 0.6 is 46.6 Å². The third-order valence-corrected chi connectivity index (χ3v) is 4.25. The van der Waals surface area contributed by atoms with E-state index in [-0.39, 0.29) is 10.6 Å². The number of alkyl halides is 4. The molecule has 0 bridgehead atoms. The molecule has 0 aromatic heterocycles. The molecule has 0 amide bonds. The van der Waals surface area contributed by atoms with Gasteiger partial charge in [-0.15, -0.1) is 11.6 Å². The van der Waals surface area contributed by atoms with E-state index in [0.29, 0.717) is 0 Å². The molecule has 1 saturated carbocycles. The zero-order valence-corrected chi connectivity index (χ0v) is 9.49. The molecule has 2 unspecified atom stereocenters. The maximum Gasteiger partial charge on any atom is 0.305 e. The first-order chi connectivity index (χ1) is 5.49. The smallest absolute Gasteiger partial charge is 0.195 e. The molecule has 0 heterocycles. The minimum Gasteiger partial charge on any atom is -0.195 e. The van der Waals surface area contributed by atoms with Gasteiger partial charge in [-0.2, -0.15) is 4.39 Å². The Morgan fingerprint density at radius 1 is 1.25 bits per heavy atom. The first-order valence-electron chi connectivity index (χ1n) is 3.87. The van der Waals surface area contributed by atoms with Crippen LogP contribution in [0.5, 0.6) is 0 Å². The molecule has 12 heavy (non-hydrogen) atoms. The fourth-order valence-electron chi connectivity index (χ4n) is 1.36. The van der Waals surface area contributed by atoms with E-state index < -0.39 is 3.92 Å². The lowest BCUT2D eigenvalue weighted by molar-refractivity contribution is 0.492. The number of hydrogen-bond acceptors (Lipinski definition) is 1. The third-order valence-electron chi connectivity index (χ3n) is 1.91. The summed E-state index contributed by atoms with van der Waals surface area (Å²) in [4.78, 5) is 0. The van der Waals surface area contributed by atoms with Gasteiger partial charge in [-0.1, -0.05) is 47.8 Å². The highest BCUT2D eigenvalue weighted by Crippen LogP contribution is 2.44. The van der Waals surface area contributed by atoms with E-state index in [1.165, 1.54) is 0 Å². The van der Waals surface area contributed by atoms with Crippen LogP contribution in [-0.2, 0) is 0 Å².